The third-order valence-corrected chi connectivity index (χ3v) is 2.05. The zero-order valence-electron chi connectivity index (χ0n) is 8.42. The molecule has 9 heteroatoms. The Morgan fingerprint density at radius 3 is 2.59 bits per heavy atom. The van der Waals surface area contributed by atoms with Crippen LogP contribution in [0.25, 0.3) is 0 Å². The summed E-state index contributed by atoms with van der Waals surface area (Å²) in [5.41, 5.74) is -0.438. The van der Waals surface area contributed by atoms with Gasteiger partial charge in [-0.15, -0.1) is 24.8 Å². The van der Waals surface area contributed by atoms with Crippen LogP contribution >= 0.6 is 11.6 Å². The van der Waals surface area contributed by atoms with Gasteiger partial charge in [0, 0.05) is 6.07 Å². The van der Waals surface area contributed by atoms with Crippen molar-refractivity contribution in [2.45, 2.75) is 19.2 Å². The van der Waals surface area contributed by atoms with E-state index in [0.717, 1.165) is 6.07 Å². The predicted octanol–water partition coefficient (Wildman–Crippen LogP) is 2.94. The average Bonchev–Trinajstić information content (AvgIpc) is 2.17. The zero-order chi connectivity index (χ0) is 13.2. The first-order valence-electron chi connectivity index (χ1n) is 4.21. The molecule has 0 radical (unpaired) electrons. The highest BCUT2D eigenvalue weighted by Gasteiger charge is 2.35. The lowest BCUT2D eigenvalue weighted by atomic mass is 10.2. The molecule has 0 bridgehead atoms. The van der Waals surface area contributed by atoms with Gasteiger partial charge in [-0.25, -0.2) is 4.98 Å². The first-order chi connectivity index (χ1) is 7.74. The third kappa shape index (κ3) is 3.45. The van der Waals surface area contributed by atoms with E-state index in [1.807, 2.05) is 0 Å². The molecule has 94 valence electrons. The smallest absolute Gasteiger partial charge is 0.381 e. The van der Waals surface area contributed by atoms with Crippen LogP contribution in [0.4, 0.5) is 18.9 Å². The fourth-order valence-electron chi connectivity index (χ4n) is 1.07. The Balaban J connectivity index is 3.29. The maximum Gasteiger partial charge on any atom is 0.574 e. The molecule has 1 rings (SSSR count). The fraction of sp³-hybridized carbons (Fsp3) is 0.375. The summed E-state index contributed by atoms with van der Waals surface area (Å²) >= 11 is 5.44. The van der Waals surface area contributed by atoms with E-state index in [0.29, 0.717) is 5.56 Å². The van der Waals surface area contributed by atoms with Crippen molar-refractivity contribution in [1.29, 1.82) is 0 Å². The minimum atomic E-state index is -5.05. The molecule has 5 nitrogen and oxygen atoms in total. The summed E-state index contributed by atoms with van der Waals surface area (Å²) in [7, 11) is 0. The fourth-order valence-corrected chi connectivity index (χ4v) is 1.34. The minimum absolute atomic E-state index is 0.0940. The van der Waals surface area contributed by atoms with Gasteiger partial charge in [-0.1, -0.05) is 0 Å². The number of hydrogen-bond donors (Lipinski definition) is 0. The monoisotopic (exact) mass is 270 g/mol. The molecule has 1 heterocycles. The van der Waals surface area contributed by atoms with Gasteiger partial charge in [0.15, 0.2) is 0 Å². The highest BCUT2D eigenvalue weighted by atomic mass is 35.5. The number of alkyl halides is 4. The predicted molar refractivity (Wildman–Crippen MR) is 51.9 cm³/mol. The maximum absolute atomic E-state index is 12.0. The molecule has 0 spiro atoms. The van der Waals surface area contributed by atoms with E-state index in [2.05, 4.69) is 9.72 Å². The van der Waals surface area contributed by atoms with Gasteiger partial charge in [0.25, 0.3) is 0 Å². The van der Waals surface area contributed by atoms with Crippen molar-refractivity contribution in [3.05, 3.63) is 27.4 Å². The SMILES string of the molecule is Cc1cc([N+](=O)[O-])c(OC(F)(F)F)nc1CCl. The van der Waals surface area contributed by atoms with Crippen molar-refractivity contribution in [1.82, 2.24) is 4.98 Å². The molecule has 0 saturated carbocycles. The molecule has 1 aromatic rings. The number of pyridine rings is 1. The summed E-state index contributed by atoms with van der Waals surface area (Å²) in [6.07, 6.45) is -5.05. The molecule has 0 atom stereocenters. The average molecular weight is 271 g/mol. The summed E-state index contributed by atoms with van der Waals surface area (Å²) in [4.78, 5) is 12.9. The Bertz CT molecular complexity index is 450. The molecule has 0 unspecified atom stereocenters. The van der Waals surface area contributed by atoms with Crippen LogP contribution in [0.15, 0.2) is 6.07 Å². The number of ether oxygens (including phenoxy) is 1. The van der Waals surface area contributed by atoms with E-state index in [1.54, 1.807) is 0 Å². The molecule has 0 fully saturated rings. The highest BCUT2D eigenvalue weighted by molar-refractivity contribution is 6.17. The summed E-state index contributed by atoms with van der Waals surface area (Å²) in [6, 6.07) is 0.936. The number of hydrogen-bond acceptors (Lipinski definition) is 4. The van der Waals surface area contributed by atoms with Crippen LogP contribution in [0.2, 0.25) is 0 Å². The second-order valence-corrected chi connectivity index (χ2v) is 3.28. The lowest BCUT2D eigenvalue weighted by molar-refractivity contribution is -0.389. The van der Waals surface area contributed by atoms with Crippen LogP contribution in [-0.2, 0) is 5.88 Å². The lowest BCUT2D eigenvalue weighted by Gasteiger charge is -2.10. The van der Waals surface area contributed by atoms with E-state index in [-0.39, 0.29) is 11.6 Å². The van der Waals surface area contributed by atoms with E-state index in [1.165, 1.54) is 6.92 Å². The van der Waals surface area contributed by atoms with Crippen LogP contribution in [0.3, 0.4) is 0 Å². The van der Waals surface area contributed by atoms with Crippen molar-refractivity contribution in [3.8, 4) is 5.88 Å². The molecule has 0 aliphatic carbocycles. The molecule has 0 aromatic carbocycles. The molecular weight excluding hydrogens is 265 g/mol. The molecule has 1 aromatic heterocycles. The Kier molecular flexibility index (Phi) is 3.76. The second kappa shape index (κ2) is 4.74. The number of rotatable bonds is 3. The first kappa shape index (κ1) is 13.5. The standard InChI is InChI=1S/C8H6ClF3N2O3/c1-4-2-6(14(15)16)7(13-5(4)3-9)17-8(10,11)12/h2H,3H2,1H3. The topological polar surface area (TPSA) is 65.3 Å². The Hall–Kier alpha value is -1.57. The third-order valence-electron chi connectivity index (χ3n) is 1.80. The summed E-state index contributed by atoms with van der Waals surface area (Å²) in [5.74, 6) is -1.28. The van der Waals surface area contributed by atoms with E-state index >= 15 is 0 Å². The van der Waals surface area contributed by atoms with Gasteiger partial charge in [0.05, 0.1) is 16.5 Å². The molecule has 0 aliphatic rings. The van der Waals surface area contributed by atoms with Gasteiger partial charge < -0.3 is 4.74 Å². The zero-order valence-corrected chi connectivity index (χ0v) is 9.17. The van der Waals surface area contributed by atoms with Crippen molar-refractivity contribution in [2.24, 2.45) is 0 Å². The van der Waals surface area contributed by atoms with Gasteiger partial charge in [-0.3, -0.25) is 10.1 Å². The van der Waals surface area contributed by atoms with Gasteiger partial charge in [0.2, 0.25) is 0 Å². The largest absolute Gasteiger partial charge is 0.574 e. The van der Waals surface area contributed by atoms with Crippen molar-refractivity contribution in [2.75, 3.05) is 0 Å². The summed E-state index contributed by atoms with van der Waals surface area (Å²) in [6.45, 7) is 1.45. The number of nitro groups is 1. The van der Waals surface area contributed by atoms with E-state index in [4.69, 9.17) is 11.6 Å². The maximum atomic E-state index is 12.0. The lowest BCUT2D eigenvalue weighted by Crippen LogP contribution is -2.19. The van der Waals surface area contributed by atoms with Crippen LogP contribution < -0.4 is 4.74 Å². The van der Waals surface area contributed by atoms with Gasteiger partial charge in [-0.05, 0) is 12.5 Å². The normalized spacial score (nSPS) is 11.4. The molecule has 0 saturated heterocycles. The first-order valence-corrected chi connectivity index (χ1v) is 4.74. The quantitative estimate of drug-likeness (QED) is 0.481. The molecule has 17 heavy (non-hydrogen) atoms. The van der Waals surface area contributed by atoms with Crippen molar-refractivity contribution >= 4 is 17.3 Å². The van der Waals surface area contributed by atoms with Crippen molar-refractivity contribution < 1.29 is 22.8 Å². The molecular formula is C8H6ClF3N2O3. The molecule has 0 amide bonds. The van der Waals surface area contributed by atoms with E-state index in [9.17, 15) is 23.3 Å². The van der Waals surface area contributed by atoms with Crippen LogP contribution in [-0.4, -0.2) is 16.3 Å². The molecule has 0 N–H and O–H groups in total. The Morgan fingerprint density at radius 1 is 1.59 bits per heavy atom. The number of nitrogens with zero attached hydrogens (tertiary/aromatic N) is 2. The van der Waals surface area contributed by atoms with Gasteiger partial charge in [0.1, 0.15) is 0 Å². The summed E-state index contributed by atoms with van der Waals surface area (Å²) < 4.78 is 39.5. The second-order valence-electron chi connectivity index (χ2n) is 3.01. The number of halogens is 4. The van der Waals surface area contributed by atoms with E-state index < -0.39 is 22.9 Å². The number of aromatic nitrogens is 1. The van der Waals surface area contributed by atoms with Gasteiger partial charge >= 0.3 is 17.9 Å². The van der Waals surface area contributed by atoms with Crippen molar-refractivity contribution in [3.63, 3.8) is 0 Å². The molecule has 0 aliphatic heterocycles. The Labute approximate surface area is 98.3 Å². The number of aryl methyl sites for hydroxylation is 1. The Morgan fingerprint density at radius 2 is 2.18 bits per heavy atom. The van der Waals surface area contributed by atoms with Gasteiger partial charge in [-0.2, -0.15) is 0 Å². The highest BCUT2D eigenvalue weighted by Crippen LogP contribution is 2.31. The summed E-state index contributed by atoms with van der Waals surface area (Å²) in [5, 5.41) is 10.5. The van der Waals surface area contributed by atoms with Crippen LogP contribution in [0.5, 0.6) is 5.88 Å². The van der Waals surface area contributed by atoms with Crippen LogP contribution in [0, 0.1) is 17.0 Å². The minimum Gasteiger partial charge on any atom is -0.381 e. The van der Waals surface area contributed by atoms with Crippen LogP contribution in [0.1, 0.15) is 11.3 Å².